The zero-order chi connectivity index (χ0) is 27.1. The van der Waals surface area contributed by atoms with Crippen LogP contribution in [-0.4, -0.2) is 39.0 Å². The van der Waals surface area contributed by atoms with Crippen molar-refractivity contribution in [2.75, 3.05) is 17.2 Å². The van der Waals surface area contributed by atoms with Crippen molar-refractivity contribution in [2.24, 2.45) is 0 Å². The molecule has 3 N–H and O–H groups in total. The van der Waals surface area contributed by atoms with E-state index >= 15 is 0 Å². The Bertz CT molecular complexity index is 1530. The van der Waals surface area contributed by atoms with Gasteiger partial charge in [0.25, 0.3) is 0 Å². The van der Waals surface area contributed by atoms with E-state index in [4.69, 9.17) is 10.00 Å². The van der Waals surface area contributed by atoms with E-state index in [2.05, 4.69) is 15.6 Å². The lowest BCUT2D eigenvalue weighted by Gasteiger charge is -2.17. The zero-order valence-corrected chi connectivity index (χ0v) is 19.7. The molecule has 0 radical (unpaired) electrons. The topological polar surface area (TPSA) is 146 Å². The molecule has 0 aliphatic rings. The Morgan fingerprint density at radius 1 is 1.05 bits per heavy atom. The van der Waals surface area contributed by atoms with Gasteiger partial charge in [0.1, 0.15) is 17.6 Å². The number of hydrogen-bond acceptors (Lipinski definition) is 6. The first kappa shape index (κ1) is 25.6. The number of hydrogen-bond donors (Lipinski definition) is 3. The van der Waals surface area contributed by atoms with Gasteiger partial charge in [0.05, 0.1) is 24.1 Å². The highest BCUT2D eigenvalue weighted by molar-refractivity contribution is 6.12. The summed E-state index contributed by atoms with van der Waals surface area (Å²) in [4.78, 5) is 41.1. The number of nitrogens with zero attached hydrogens (tertiary/aromatic N) is 3. The summed E-state index contributed by atoms with van der Waals surface area (Å²) in [5.74, 6) is -1.48. The Morgan fingerprint density at radius 3 is 2.50 bits per heavy atom. The van der Waals surface area contributed by atoms with Crippen LogP contribution < -0.4 is 15.4 Å². The molecule has 0 saturated carbocycles. The summed E-state index contributed by atoms with van der Waals surface area (Å²) in [5, 5.41) is 23.0. The molecular formula is C27H20FN5O5. The number of nitriles is 1. The summed E-state index contributed by atoms with van der Waals surface area (Å²) in [7, 11) is 0. The number of rotatable bonds is 9. The number of carboxylic acid groups (broad SMARTS) is 1. The third kappa shape index (κ3) is 6.19. The SMILES string of the molecule is N#CCOc1cc(NC(=O)O)c(NC(=O)CC(=O)c2cccc(-n3ccnc3)c2)cc1-c1ccc(F)cc1. The molecule has 0 aliphatic heterocycles. The van der Waals surface area contributed by atoms with Gasteiger partial charge in [-0.3, -0.25) is 14.9 Å². The van der Waals surface area contributed by atoms with Gasteiger partial charge in [-0.25, -0.2) is 14.2 Å². The lowest BCUT2D eigenvalue weighted by Crippen LogP contribution is -2.19. The lowest BCUT2D eigenvalue weighted by molar-refractivity contribution is -0.115. The second-order valence-electron chi connectivity index (χ2n) is 7.95. The van der Waals surface area contributed by atoms with E-state index in [9.17, 15) is 23.9 Å². The molecule has 4 aromatic rings. The van der Waals surface area contributed by atoms with E-state index in [1.165, 1.54) is 36.4 Å². The molecule has 4 rings (SSSR count). The molecule has 10 nitrogen and oxygen atoms in total. The quantitative estimate of drug-likeness (QED) is 0.213. The average Bonchev–Trinajstić information content (AvgIpc) is 3.44. The second-order valence-corrected chi connectivity index (χ2v) is 7.95. The van der Waals surface area contributed by atoms with E-state index in [-0.39, 0.29) is 23.7 Å². The molecule has 0 fully saturated rings. The number of carbonyl (C=O) groups is 3. The molecule has 0 spiro atoms. The van der Waals surface area contributed by atoms with Crippen molar-refractivity contribution in [3.8, 4) is 28.6 Å². The van der Waals surface area contributed by atoms with E-state index in [1.54, 1.807) is 47.6 Å². The fourth-order valence-electron chi connectivity index (χ4n) is 3.68. The molecule has 38 heavy (non-hydrogen) atoms. The number of anilines is 2. The predicted molar refractivity (Wildman–Crippen MR) is 136 cm³/mol. The molecule has 11 heteroatoms. The number of halogens is 1. The number of benzene rings is 3. The maximum atomic E-state index is 13.5. The predicted octanol–water partition coefficient (Wildman–Crippen LogP) is 4.88. The molecule has 0 aliphatic carbocycles. The van der Waals surface area contributed by atoms with Crippen LogP contribution >= 0.6 is 0 Å². The van der Waals surface area contributed by atoms with Gasteiger partial charge >= 0.3 is 6.09 Å². The maximum absolute atomic E-state index is 13.5. The van der Waals surface area contributed by atoms with Crippen LogP contribution in [0.15, 0.2) is 79.4 Å². The Morgan fingerprint density at radius 2 is 1.82 bits per heavy atom. The molecule has 2 amide bonds. The van der Waals surface area contributed by atoms with Crippen LogP contribution in [0.1, 0.15) is 16.8 Å². The monoisotopic (exact) mass is 513 g/mol. The Hall–Kier alpha value is -5.50. The maximum Gasteiger partial charge on any atom is 0.409 e. The van der Waals surface area contributed by atoms with Gasteiger partial charge in [0, 0.05) is 35.3 Å². The fourth-order valence-corrected chi connectivity index (χ4v) is 3.68. The highest BCUT2D eigenvalue weighted by atomic mass is 19.1. The van der Waals surface area contributed by atoms with Crippen LogP contribution in [0.3, 0.4) is 0 Å². The van der Waals surface area contributed by atoms with Crippen LogP contribution in [0.2, 0.25) is 0 Å². The number of ether oxygens (including phenoxy) is 1. The summed E-state index contributed by atoms with van der Waals surface area (Å²) in [5.41, 5.74) is 1.86. The summed E-state index contributed by atoms with van der Waals surface area (Å²) in [6.07, 6.45) is 2.97. The molecule has 0 unspecified atom stereocenters. The van der Waals surface area contributed by atoms with E-state index in [1.807, 2.05) is 6.07 Å². The van der Waals surface area contributed by atoms with E-state index in [0.29, 0.717) is 22.4 Å². The molecule has 1 heterocycles. The Balaban J connectivity index is 1.62. The van der Waals surface area contributed by atoms with Crippen molar-refractivity contribution in [1.82, 2.24) is 9.55 Å². The van der Waals surface area contributed by atoms with Gasteiger partial charge in [-0.2, -0.15) is 5.26 Å². The minimum absolute atomic E-state index is 0.0424. The summed E-state index contributed by atoms with van der Waals surface area (Å²) in [6, 6.07) is 16.6. The van der Waals surface area contributed by atoms with Crippen molar-refractivity contribution >= 4 is 29.2 Å². The van der Waals surface area contributed by atoms with Crippen molar-refractivity contribution in [1.29, 1.82) is 5.26 Å². The van der Waals surface area contributed by atoms with E-state index < -0.39 is 30.0 Å². The molecule has 0 saturated heterocycles. The number of ketones is 1. The molecule has 3 aromatic carbocycles. The average molecular weight is 513 g/mol. The van der Waals surface area contributed by atoms with Gasteiger partial charge in [0.15, 0.2) is 12.4 Å². The lowest BCUT2D eigenvalue weighted by atomic mass is 10.0. The number of aromatic nitrogens is 2. The second kappa shape index (κ2) is 11.5. The highest BCUT2D eigenvalue weighted by Crippen LogP contribution is 2.38. The molecule has 190 valence electrons. The number of Topliss-reactive ketones (excluding diaryl/α,β-unsaturated/α-hetero) is 1. The van der Waals surface area contributed by atoms with Crippen LogP contribution in [0.25, 0.3) is 16.8 Å². The third-order valence-electron chi connectivity index (χ3n) is 5.37. The van der Waals surface area contributed by atoms with Crippen molar-refractivity contribution < 1.29 is 28.6 Å². The summed E-state index contributed by atoms with van der Waals surface area (Å²) < 4.78 is 20.7. The minimum Gasteiger partial charge on any atom is -0.478 e. The van der Waals surface area contributed by atoms with Gasteiger partial charge in [-0.1, -0.05) is 24.3 Å². The first-order valence-electron chi connectivity index (χ1n) is 11.2. The number of amides is 2. The first-order valence-corrected chi connectivity index (χ1v) is 11.2. The number of imidazole rings is 1. The van der Waals surface area contributed by atoms with Gasteiger partial charge in [-0.05, 0) is 35.9 Å². The molecule has 0 bridgehead atoms. The van der Waals surface area contributed by atoms with E-state index in [0.717, 1.165) is 0 Å². The largest absolute Gasteiger partial charge is 0.478 e. The molecule has 0 atom stereocenters. The highest BCUT2D eigenvalue weighted by Gasteiger charge is 2.19. The van der Waals surface area contributed by atoms with Gasteiger partial charge < -0.3 is 19.7 Å². The van der Waals surface area contributed by atoms with Crippen LogP contribution in [0.4, 0.5) is 20.6 Å². The van der Waals surface area contributed by atoms with Crippen molar-refractivity contribution in [2.45, 2.75) is 6.42 Å². The zero-order valence-electron chi connectivity index (χ0n) is 19.7. The van der Waals surface area contributed by atoms with Gasteiger partial charge in [0.2, 0.25) is 5.91 Å². The number of carbonyl (C=O) groups excluding carboxylic acids is 2. The van der Waals surface area contributed by atoms with Crippen molar-refractivity contribution in [3.63, 3.8) is 0 Å². The first-order chi connectivity index (χ1) is 18.3. The fraction of sp³-hybridized carbons (Fsp3) is 0.0741. The van der Waals surface area contributed by atoms with Crippen LogP contribution in [0.5, 0.6) is 5.75 Å². The minimum atomic E-state index is -1.41. The number of nitrogens with one attached hydrogen (secondary N) is 2. The smallest absolute Gasteiger partial charge is 0.409 e. The summed E-state index contributed by atoms with van der Waals surface area (Å²) >= 11 is 0. The third-order valence-corrected chi connectivity index (χ3v) is 5.37. The summed E-state index contributed by atoms with van der Waals surface area (Å²) in [6.45, 7) is -0.334. The molecular weight excluding hydrogens is 493 g/mol. The van der Waals surface area contributed by atoms with Crippen LogP contribution in [-0.2, 0) is 4.79 Å². The standard InChI is InChI=1S/C27H20FN5O5/c28-19-6-4-17(5-7-19)21-13-22(23(32-27(36)37)14-25(21)38-11-8-29)31-26(35)15-24(34)18-2-1-3-20(12-18)33-10-9-30-16-33/h1-7,9-10,12-14,16,32H,11,15H2,(H,31,35)(H,36,37). The Kier molecular flexibility index (Phi) is 7.74. The van der Waals surface area contributed by atoms with Gasteiger partial charge in [-0.15, -0.1) is 0 Å². The molecule has 1 aromatic heterocycles. The van der Waals surface area contributed by atoms with Crippen LogP contribution in [0, 0.1) is 17.1 Å². The Labute approximate surface area is 215 Å². The van der Waals surface area contributed by atoms with Crippen molar-refractivity contribution in [3.05, 3.63) is 90.8 Å². The normalized spacial score (nSPS) is 10.3.